The molecule has 4 nitrogen and oxygen atoms in total. The van der Waals surface area contributed by atoms with E-state index in [0.717, 1.165) is 16.9 Å². The fraction of sp³-hybridized carbons (Fsp3) is 0.120. The average molecular weight is 417 g/mol. The molecule has 0 aliphatic heterocycles. The Hall–Kier alpha value is -3.55. The molecule has 0 saturated heterocycles. The second-order valence-corrected chi connectivity index (χ2v) is 7.42. The van der Waals surface area contributed by atoms with Crippen molar-refractivity contribution in [3.05, 3.63) is 99.6 Å². The van der Waals surface area contributed by atoms with Gasteiger partial charge in [0.05, 0.1) is 0 Å². The molecule has 150 valence electrons. The van der Waals surface area contributed by atoms with Crippen molar-refractivity contribution in [3.63, 3.8) is 0 Å². The molecule has 0 saturated carbocycles. The van der Waals surface area contributed by atoms with E-state index in [1.54, 1.807) is 30.3 Å². The second-order valence-electron chi connectivity index (χ2n) is 6.98. The van der Waals surface area contributed by atoms with Crippen LogP contribution < -0.4 is 10.1 Å². The number of anilines is 1. The van der Waals surface area contributed by atoms with Crippen LogP contribution in [0.1, 0.15) is 22.3 Å². The monoisotopic (exact) mass is 416 g/mol. The van der Waals surface area contributed by atoms with Crippen LogP contribution in [0.25, 0.3) is 6.08 Å². The van der Waals surface area contributed by atoms with Crippen LogP contribution in [0.4, 0.5) is 5.69 Å². The van der Waals surface area contributed by atoms with Gasteiger partial charge in [-0.1, -0.05) is 53.1 Å². The van der Waals surface area contributed by atoms with Crippen LogP contribution in [0.5, 0.6) is 5.75 Å². The Balaban J connectivity index is 1.65. The van der Waals surface area contributed by atoms with E-state index in [1.165, 1.54) is 11.1 Å². The minimum atomic E-state index is -0.477. The average Bonchev–Trinajstić information content (AvgIpc) is 2.72. The number of carbonyl (C=O) groups excluding carboxylic acids is 1. The van der Waals surface area contributed by atoms with Crippen molar-refractivity contribution in [1.29, 1.82) is 5.26 Å². The molecule has 0 atom stereocenters. The lowest BCUT2D eigenvalue weighted by Gasteiger charge is -2.08. The third-order valence-corrected chi connectivity index (χ3v) is 4.60. The smallest absolute Gasteiger partial charge is 0.266 e. The van der Waals surface area contributed by atoms with Crippen molar-refractivity contribution >= 4 is 29.3 Å². The number of halogens is 1. The molecule has 0 aliphatic rings. The largest absolute Gasteiger partial charge is 0.489 e. The summed E-state index contributed by atoms with van der Waals surface area (Å²) in [7, 11) is 0. The molecule has 3 aromatic carbocycles. The molecule has 0 aliphatic carbocycles. The van der Waals surface area contributed by atoms with Gasteiger partial charge in [-0.2, -0.15) is 5.26 Å². The van der Waals surface area contributed by atoms with Crippen molar-refractivity contribution in [2.75, 3.05) is 5.32 Å². The van der Waals surface area contributed by atoms with Gasteiger partial charge in [0.2, 0.25) is 0 Å². The van der Waals surface area contributed by atoms with E-state index in [2.05, 4.69) is 37.4 Å². The van der Waals surface area contributed by atoms with E-state index in [4.69, 9.17) is 16.3 Å². The maximum atomic E-state index is 12.4. The Morgan fingerprint density at radius 1 is 1.03 bits per heavy atom. The van der Waals surface area contributed by atoms with E-state index in [9.17, 15) is 10.1 Å². The van der Waals surface area contributed by atoms with Crippen molar-refractivity contribution in [2.45, 2.75) is 20.5 Å². The summed E-state index contributed by atoms with van der Waals surface area (Å²) in [4.78, 5) is 12.4. The zero-order valence-electron chi connectivity index (χ0n) is 16.8. The zero-order valence-corrected chi connectivity index (χ0v) is 17.5. The lowest BCUT2D eigenvalue weighted by atomic mass is 10.1. The van der Waals surface area contributed by atoms with Crippen molar-refractivity contribution in [1.82, 2.24) is 0 Å². The highest BCUT2D eigenvalue weighted by atomic mass is 35.5. The van der Waals surface area contributed by atoms with Crippen molar-refractivity contribution in [2.24, 2.45) is 0 Å². The van der Waals surface area contributed by atoms with Gasteiger partial charge in [-0.3, -0.25) is 4.79 Å². The Bertz CT molecular complexity index is 1090. The molecule has 30 heavy (non-hydrogen) atoms. The number of amides is 1. The van der Waals surface area contributed by atoms with E-state index in [-0.39, 0.29) is 5.57 Å². The first-order valence-corrected chi connectivity index (χ1v) is 9.79. The minimum Gasteiger partial charge on any atom is -0.489 e. The van der Waals surface area contributed by atoms with Gasteiger partial charge in [0.25, 0.3) is 5.91 Å². The first-order valence-electron chi connectivity index (χ1n) is 9.42. The highest BCUT2D eigenvalue weighted by Crippen LogP contribution is 2.18. The fourth-order valence-corrected chi connectivity index (χ4v) is 3.15. The Morgan fingerprint density at radius 3 is 2.27 bits per heavy atom. The quantitative estimate of drug-likeness (QED) is 0.391. The van der Waals surface area contributed by atoms with Crippen LogP contribution in [0.15, 0.2) is 72.3 Å². The highest BCUT2D eigenvalue weighted by Gasteiger charge is 2.09. The Labute approximate surface area is 181 Å². The molecular formula is C25H21ClN2O2. The summed E-state index contributed by atoms with van der Waals surface area (Å²) in [5, 5.41) is 12.6. The SMILES string of the molecule is Cc1cc(C)cc(COc2ccc(/C=C(\C#N)C(=O)Nc3ccc(Cl)cc3)cc2)c1. The molecule has 1 amide bonds. The maximum absolute atomic E-state index is 12.4. The van der Waals surface area contributed by atoms with Crippen LogP contribution in [-0.2, 0) is 11.4 Å². The predicted molar refractivity (Wildman–Crippen MR) is 120 cm³/mol. The first-order chi connectivity index (χ1) is 14.4. The summed E-state index contributed by atoms with van der Waals surface area (Å²) >= 11 is 5.84. The molecule has 0 spiro atoms. The molecule has 0 heterocycles. The molecule has 0 aromatic heterocycles. The molecular weight excluding hydrogens is 396 g/mol. The Morgan fingerprint density at radius 2 is 1.67 bits per heavy atom. The van der Waals surface area contributed by atoms with Crippen LogP contribution >= 0.6 is 11.6 Å². The van der Waals surface area contributed by atoms with Crippen molar-refractivity contribution < 1.29 is 9.53 Å². The van der Waals surface area contributed by atoms with Crippen LogP contribution in [-0.4, -0.2) is 5.91 Å². The number of carbonyl (C=O) groups is 1. The van der Waals surface area contributed by atoms with Gasteiger partial charge in [0.15, 0.2) is 0 Å². The standard InChI is InChI=1S/C25H21ClN2O2/c1-17-11-18(2)13-20(12-17)16-30-24-9-3-19(4-10-24)14-21(15-27)25(29)28-23-7-5-22(26)6-8-23/h3-14H,16H2,1-2H3,(H,28,29)/b21-14+. The molecule has 3 rings (SSSR count). The summed E-state index contributed by atoms with van der Waals surface area (Å²) in [6.07, 6.45) is 1.54. The van der Waals surface area contributed by atoms with Gasteiger partial charge >= 0.3 is 0 Å². The van der Waals surface area contributed by atoms with Gasteiger partial charge in [-0.05, 0) is 67.4 Å². The number of nitriles is 1. The summed E-state index contributed by atoms with van der Waals surface area (Å²) in [5.74, 6) is 0.241. The summed E-state index contributed by atoms with van der Waals surface area (Å²) < 4.78 is 5.85. The third kappa shape index (κ3) is 5.97. The van der Waals surface area contributed by atoms with Gasteiger partial charge in [-0.15, -0.1) is 0 Å². The summed E-state index contributed by atoms with van der Waals surface area (Å²) in [6.45, 7) is 4.60. The molecule has 3 aromatic rings. The Kier molecular flexibility index (Phi) is 6.90. The molecule has 0 unspecified atom stereocenters. The number of hydrogen-bond donors (Lipinski definition) is 1. The molecule has 0 radical (unpaired) electrons. The van der Waals surface area contributed by atoms with Gasteiger partial charge in [0.1, 0.15) is 24.0 Å². The fourth-order valence-electron chi connectivity index (χ4n) is 3.03. The van der Waals surface area contributed by atoms with Gasteiger partial charge in [-0.25, -0.2) is 0 Å². The van der Waals surface area contributed by atoms with Crippen molar-refractivity contribution in [3.8, 4) is 11.8 Å². The maximum Gasteiger partial charge on any atom is 0.266 e. The van der Waals surface area contributed by atoms with Crippen LogP contribution in [0, 0.1) is 25.2 Å². The van der Waals surface area contributed by atoms with Gasteiger partial charge < -0.3 is 10.1 Å². The van der Waals surface area contributed by atoms with E-state index in [0.29, 0.717) is 17.3 Å². The molecule has 0 bridgehead atoms. The zero-order chi connectivity index (χ0) is 21.5. The van der Waals surface area contributed by atoms with E-state index >= 15 is 0 Å². The number of ether oxygens (including phenoxy) is 1. The van der Waals surface area contributed by atoms with Gasteiger partial charge in [0, 0.05) is 10.7 Å². The topological polar surface area (TPSA) is 62.1 Å². The number of nitrogens with zero attached hydrogens (tertiary/aromatic N) is 1. The summed E-state index contributed by atoms with van der Waals surface area (Å²) in [6, 6.07) is 22.2. The number of nitrogens with one attached hydrogen (secondary N) is 1. The number of rotatable bonds is 6. The van der Waals surface area contributed by atoms with E-state index < -0.39 is 5.91 Å². The lowest BCUT2D eigenvalue weighted by Crippen LogP contribution is -2.13. The highest BCUT2D eigenvalue weighted by molar-refractivity contribution is 6.30. The molecule has 5 heteroatoms. The molecule has 1 N–H and O–H groups in total. The third-order valence-electron chi connectivity index (χ3n) is 4.35. The normalized spacial score (nSPS) is 10.9. The number of hydrogen-bond acceptors (Lipinski definition) is 3. The number of aryl methyl sites for hydroxylation is 2. The van der Waals surface area contributed by atoms with Crippen LogP contribution in [0.2, 0.25) is 5.02 Å². The number of benzene rings is 3. The first kappa shape index (κ1) is 21.2. The van der Waals surface area contributed by atoms with E-state index in [1.807, 2.05) is 30.3 Å². The lowest BCUT2D eigenvalue weighted by molar-refractivity contribution is -0.112. The minimum absolute atomic E-state index is 0.00820. The summed E-state index contributed by atoms with van der Waals surface area (Å²) in [5.41, 5.74) is 4.83. The molecule has 0 fully saturated rings. The predicted octanol–water partition coefficient (Wildman–Crippen LogP) is 6.08. The van der Waals surface area contributed by atoms with Crippen LogP contribution in [0.3, 0.4) is 0 Å². The second kappa shape index (κ2) is 9.78.